The smallest absolute Gasteiger partial charge is 0.272 e. The number of benzene rings is 1. The molecule has 1 aromatic carbocycles. The maximum Gasteiger partial charge on any atom is 0.272 e. The number of nitrogens with zero attached hydrogens (tertiary/aromatic N) is 6. The Hall–Kier alpha value is -3.81. The molecule has 0 aliphatic carbocycles. The van der Waals surface area contributed by atoms with Crippen LogP contribution in [0.2, 0.25) is 0 Å². The number of aromatic nitrogens is 5. The third kappa shape index (κ3) is 3.40. The van der Waals surface area contributed by atoms with Crippen LogP contribution in [0, 0.1) is 0 Å². The van der Waals surface area contributed by atoms with Gasteiger partial charge in [0.25, 0.3) is 11.7 Å². The monoisotopic (exact) mass is 385 g/mol. The van der Waals surface area contributed by atoms with Gasteiger partial charge in [-0.3, -0.25) is 9.78 Å². The summed E-state index contributed by atoms with van der Waals surface area (Å²) in [5, 5.41) is 7.81. The first-order valence-electron chi connectivity index (χ1n) is 9.51. The Labute approximate surface area is 167 Å². The number of fused-ring (bicyclic) bond motifs is 1. The van der Waals surface area contributed by atoms with Gasteiger partial charge in [-0.25, -0.2) is 4.98 Å². The summed E-state index contributed by atoms with van der Waals surface area (Å²) in [6, 6.07) is 17.4. The third-order valence-electron chi connectivity index (χ3n) is 5.03. The zero-order chi connectivity index (χ0) is 19.6. The predicted molar refractivity (Wildman–Crippen MR) is 108 cm³/mol. The van der Waals surface area contributed by atoms with Crippen molar-refractivity contribution in [3.63, 3.8) is 0 Å². The summed E-state index contributed by atoms with van der Waals surface area (Å²) in [6.07, 6.45) is 3.98. The van der Waals surface area contributed by atoms with Crippen molar-refractivity contribution < 1.29 is 4.79 Å². The number of carbonyl (C=O) groups is 1. The highest BCUT2D eigenvalue weighted by atomic mass is 16.2. The fourth-order valence-electron chi connectivity index (χ4n) is 3.59. The van der Waals surface area contributed by atoms with Gasteiger partial charge in [0.05, 0.1) is 5.69 Å². The molecule has 0 spiro atoms. The number of rotatable bonds is 4. The molecule has 29 heavy (non-hydrogen) atoms. The first-order valence-corrected chi connectivity index (χ1v) is 9.51. The lowest BCUT2D eigenvalue weighted by Crippen LogP contribution is -2.32. The molecule has 1 atom stereocenters. The highest BCUT2D eigenvalue weighted by molar-refractivity contribution is 5.92. The van der Waals surface area contributed by atoms with Crippen molar-refractivity contribution >= 4 is 17.5 Å². The first-order chi connectivity index (χ1) is 14.3. The molecular weight excluding hydrogens is 366 g/mol. The fourth-order valence-corrected chi connectivity index (χ4v) is 3.59. The van der Waals surface area contributed by atoms with Crippen LogP contribution in [0.5, 0.6) is 0 Å². The summed E-state index contributed by atoms with van der Waals surface area (Å²) < 4.78 is 1.69. The standard InChI is InChI=1S/C21H19N7O/c29-20(17-8-4-5-10-22-17)27-11-9-16(13-27)25-19-12-18(15-6-2-1-3-7-15)26-21-23-14-24-28(19)21/h1-8,10,12,14,16,25H,9,11,13H2. The van der Waals surface area contributed by atoms with Crippen LogP contribution in [-0.4, -0.2) is 54.5 Å². The van der Waals surface area contributed by atoms with Crippen LogP contribution in [0.1, 0.15) is 16.9 Å². The van der Waals surface area contributed by atoms with Crippen LogP contribution >= 0.6 is 0 Å². The number of likely N-dealkylation sites (tertiary alicyclic amines) is 1. The Morgan fingerprint density at radius 2 is 1.93 bits per heavy atom. The second kappa shape index (κ2) is 7.31. The molecule has 0 radical (unpaired) electrons. The molecule has 1 aliphatic rings. The summed E-state index contributed by atoms with van der Waals surface area (Å²) in [5.41, 5.74) is 2.31. The number of pyridine rings is 1. The highest BCUT2D eigenvalue weighted by Crippen LogP contribution is 2.23. The summed E-state index contributed by atoms with van der Waals surface area (Å²) >= 11 is 0. The van der Waals surface area contributed by atoms with Crippen LogP contribution in [0.3, 0.4) is 0 Å². The lowest BCUT2D eigenvalue weighted by Gasteiger charge is -2.18. The van der Waals surface area contributed by atoms with Crippen molar-refractivity contribution in [3.05, 3.63) is 72.8 Å². The van der Waals surface area contributed by atoms with Crippen molar-refractivity contribution in [1.82, 2.24) is 29.5 Å². The van der Waals surface area contributed by atoms with E-state index in [1.165, 1.54) is 6.33 Å². The number of amides is 1. The zero-order valence-electron chi connectivity index (χ0n) is 15.6. The van der Waals surface area contributed by atoms with Gasteiger partial charge in [0.1, 0.15) is 17.8 Å². The molecule has 144 valence electrons. The minimum absolute atomic E-state index is 0.0412. The fraction of sp³-hybridized carbons (Fsp3) is 0.190. The molecule has 8 heteroatoms. The lowest BCUT2D eigenvalue weighted by atomic mass is 10.1. The van der Waals surface area contributed by atoms with Gasteiger partial charge in [-0.05, 0) is 18.6 Å². The second-order valence-electron chi connectivity index (χ2n) is 6.96. The quantitative estimate of drug-likeness (QED) is 0.581. The Morgan fingerprint density at radius 1 is 1.07 bits per heavy atom. The molecule has 1 aliphatic heterocycles. The average molecular weight is 385 g/mol. The van der Waals surface area contributed by atoms with E-state index in [-0.39, 0.29) is 11.9 Å². The minimum atomic E-state index is -0.0412. The van der Waals surface area contributed by atoms with Crippen LogP contribution < -0.4 is 5.32 Å². The van der Waals surface area contributed by atoms with Crippen LogP contribution in [-0.2, 0) is 0 Å². The van der Waals surface area contributed by atoms with Crippen molar-refractivity contribution in [3.8, 4) is 11.3 Å². The molecule has 1 N–H and O–H groups in total. The van der Waals surface area contributed by atoms with Gasteiger partial charge in [-0.1, -0.05) is 36.4 Å². The normalized spacial score (nSPS) is 16.3. The van der Waals surface area contributed by atoms with Crippen molar-refractivity contribution in [2.75, 3.05) is 18.4 Å². The van der Waals surface area contributed by atoms with E-state index in [4.69, 9.17) is 0 Å². The number of hydrogen-bond acceptors (Lipinski definition) is 6. The largest absolute Gasteiger partial charge is 0.365 e. The van der Waals surface area contributed by atoms with E-state index in [0.717, 1.165) is 23.5 Å². The number of hydrogen-bond donors (Lipinski definition) is 1. The zero-order valence-corrected chi connectivity index (χ0v) is 15.6. The molecule has 1 amide bonds. The summed E-state index contributed by atoms with van der Waals surface area (Å²) in [7, 11) is 0. The molecule has 4 heterocycles. The van der Waals surface area contributed by atoms with Gasteiger partial charge < -0.3 is 10.2 Å². The molecule has 0 saturated carbocycles. The number of carbonyl (C=O) groups excluding carboxylic acids is 1. The van der Waals surface area contributed by atoms with E-state index in [9.17, 15) is 4.79 Å². The Balaban J connectivity index is 1.38. The van der Waals surface area contributed by atoms with Gasteiger partial charge in [0, 0.05) is 37.0 Å². The van der Waals surface area contributed by atoms with Gasteiger partial charge in [0.15, 0.2) is 0 Å². The van der Waals surface area contributed by atoms with E-state index in [0.29, 0.717) is 24.6 Å². The maximum atomic E-state index is 12.7. The van der Waals surface area contributed by atoms with E-state index >= 15 is 0 Å². The topological polar surface area (TPSA) is 88.3 Å². The molecule has 4 aromatic rings. The number of nitrogens with one attached hydrogen (secondary N) is 1. The van der Waals surface area contributed by atoms with Crippen molar-refractivity contribution in [1.29, 1.82) is 0 Å². The molecule has 5 rings (SSSR count). The van der Waals surface area contributed by atoms with E-state index in [2.05, 4.69) is 25.4 Å². The Morgan fingerprint density at radius 3 is 2.76 bits per heavy atom. The molecule has 3 aromatic heterocycles. The maximum absolute atomic E-state index is 12.7. The molecule has 1 saturated heterocycles. The predicted octanol–water partition coefficient (Wildman–Crippen LogP) is 2.51. The van der Waals surface area contributed by atoms with Crippen LogP contribution in [0.15, 0.2) is 67.1 Å². The van der Waals surface area contributed by atoms with Gasteiger partial charge in [-0.15, -0.1) is 0 Å². The molecule has 1 fully saturated rings. The van der Waals surface area contributed by atoms with Crippen molar-refractivity contribution in [2.24, 2.45) is 0 Å². The highest BCUT2D eigenvalue weighted by Gasteiger charge is 2.28. The van der Waals surface area contributed by atoms with Crippen LogP contribution in [0.4, 0.5) is 5.82 Å². The average Bonchev–Trinajstić information content (AvgIpc) is 3.44. The van der Waals surface area contributed by atoms with Crippen LogP contribution in [0.25, 0.3) is 17.0 Å². The van der Waals surface area contributed by atoms with Crippen molar-refractivity contribution in [2.45, 2.75) is 12.5 Å². The summed E-state index contributed by atoms with van der Waals surface area (Å²) in [6.45, 7) is 1.29. The molecule has 1 unspecified atom stereocenters. The Kier molecular flexibility index (Phi) is 4.36. The molecule has 0 bridgehead atoms. The second-order valence-corrected chi connectivity index (χ2v) is 6.96. The van der Waals surface area contributed by atoms with E-state index in [1.807, 2.05) is 53.4 Å². The SMILES string of the molecule is O=C(c1ccccn1)N1CCC(Nc2cc(-c3ccccc3)nc3ncnn23)C1. The minimum Gasteiger partial charge on any atom is -0.365 e. The van der Waals surface area contributed by atoms with Gasteiger partial charge in [0.2, 0.25) is 0 Å². The van der Waals surface area contributed by atoms with Gasteiger partial charge in [-0.2, -0.15) is 14.6 Å². The molecule has 8 nitrogen and oxygen atoms in total. The van der Waals surface area contributed by atoms with E-state index < -0.39 is 0 Å². The third-order valence-corrected chi connectivity index (χ3v) is 5.03. The van der Waals surface area contributed by atoms with Gasteiger partial charge >= 0.3 is 0 Å². The summed E-state index contributed by atoms with van der Waals surface area (Å²) in [4.78, 5) is 27.5. The Bertz CT molecular complexity index is 1140. The van der Waals surface area contributed by atoms with E-state index in [1.54, 1.807) is 16.8 Å². The first kappa shape index (κ1) is 17.3. The number of anilines is 1. The molecular formula is C21H19N7O. The summed E-state index contributed by atoms with van der Waals surface area (Å²) in [5.74, 6) is 1.30. The lowest BCUT2D eigenvalue weighted by molar-refractivity contribution is 0.0786.